The summed E-state index contributed by atoms with van der Waals surface area (Å²) in [4.78, 5) is 19.8. The van der Waals surface area contributed by atoms with Gasteiger partial charge in [-0.3, -0.25) is 9.62 Å². The number of piperidine rings is 1. The molecule has 1 spiro atoms. The largest absolute Gasteiger partial charge is 0.371 e. The van der Waals surface area contributed by atoms with E-state index in [-0.39, 0.29) is 11.4 Å². The van der Waals surface area contributed by atoms with Crippen molar-refractivity contribution in [2.24, 2.45) is 5.41 Å². The number of aromatic nitrogens is 2. The SMILES string of the molecule is CC.CS(=O)Nc1ccn(C(=O)N2CCC3(CCN(Cc4ccc(Cl)cc4N4CCCC4)C3)CC2)n1. The van der Waals surface area contributed by atoms with Crippen LogP contribution in [-0.2, 0) is 17.5 Å². The molecule has 3 aliphatic rings. The first kappa shape index (κ1) is 26.9. The van der Waals surface area contributed by atoms with Crippen LogP contribution in [0.5, 0.6) is 0 Å². The number of likely N-dealkylation sites (tertiary alicyclic amines) is 2. The summed E-state index contributed by atoms with van der Waals surface area (Å²) < 4.78 is 15.4. The van der Waals surface area contributed by atoms with Crippen LogP contribution in [0.25, 0.3) is 0 Å². The van der Waals surface area contributed by atoms with E-state index in [4.69, 9.17) is 11.6 Å². The number of hydrogen-bond donors (Lipinski definition) is 1. The monoisotopic (exact) mass is 534 g/mol. The van der Waals surface area contributed by atoms with E-state index in [9.17, 15) is 9.00 Å². The van der Waals surface area contributed by atoms with Crippen LogP contribution >= 0.6 is 11.6 Å². The predicted octanol–water partition coefficient (Wildman–Crippen LogP) is 4.82. The molecule has 0 radical (unpaired) electrons. The number of carbonyl (C=O) groups excluding carboxylic acids is 1. The van der Waals surface area contributed by atoms with Crippen LogP contribution in [-0.4, -0.2) is 75.3 Å². The molecule has 1 unspecified atom stereocenters. The third-order valence-electron chi connectivity index (χ3n) is 7.53. The van der Waals surface area contributed by atoms with Gasteiger partial charge in [0.05, 0.1) is 0 Å². The van der Waals surface area contributed by atoms with Crippen LogP contribution < -0.4 is 9.62 Å². The lowest BCUT2D eigenvalue weighted by Crippen LogP contribution is -2.45. The molecule has 36 heavy (non-hydrogen) atoms. The molecule has 1 aromatic heterocycles. The van der Waals surface area contributed by atoms with Crippen molar-refractivity contribution in [3.8, 4) is 0 Å². The second-order valence-electron chi connectivity index (χ2n) is 9.90. The minimum Gasteiger partial charge on any atom is -0.371 e. The van der Waals surface area contributed by atoms with Crippen molar-refractivity contribution >= 4 is 40.1 Å². The third kappa shape index (κ3) is 6.23. The molecule has 1 aromatic carbocycles. The number of hydrogen-bond acceptors (Lipinski definition) is 5. The summed E-state index contributed by atoms with van der Waals surface area (Å²) >= 11 is 6.34. The van der Waals surface area contributed by atoms with Gasteiger partial charge in [0.25, 0.3) is 0 Å². The molecule has 5 rings (SSSR count). The molecular formula is C26H39ClN6O2S. The van der Waals surface area contributed by atoms with E-state index < -0.39 is 11.0 Å². The Morgan fingerprint density at radius 2 is 1.78 bits per heavy atom. The van der Waals surface area contributed by atoms with Gasteiger partial charge in [0, 0.05) is 68.5 Å². The Labute approximate surface area is 222 Å². The first-order valence-corrected chi connectivity index (χ1v) is 15.1. The highest BCUT2D eigenvalue weighted by atomic mass is 35.5. The zero-order chi connectivity index (χ0) is 25.7. The standard InChI is InChI=1S/C24H33ClN6O2S.C2H6/c1-34(33)27-22-6-12-31(26-22)23(32)30-14-8-24(9-15-30)7-13-28(18-24)17-19-4-5-20(25)16-21(19)29-10-2-3-11-29;1-2/h4-6,12,16H,2-3,7-11,13-15,17-18H2,1H3,(H,26,27);1-2H3. The molecule has 1 N–H and O–H groups in total. The van der Waals surface area contributed by atoms with Crippen molar-refractivity contribution < 1.29 is 9.00 Å². The van der Waals surface area contributed by atoms with Gasteiger partial charge >= 0.3 is 6.03 Å². The number of anilines is 2. The van der Waals surface area contributed by atoms with Crippen molar-refractivity contribution in [2.45, 2.75) is 52.5 Å². The predicted molar refractivity (Wildman–Crippen MR) is 148 cm³/mol. The van der Waals surface area contributed by atoms with Gasteiger partial charge in [-0.2, -0.15) is 4.68 Å². The van der Waals surface area contributed by atoms with Gasteiger partial charge in [0.1, 0.15) is 11.0 Å². The quantitative estimate of drug-likeness (QED) is 0.595. The summed E-state index contributed by atoms with van der Waals surface area (Å²) in [6, 6.07) is 7.90. The number of halogens is 1. The van der Waals surface area contributed by atoms with Gasteiger partial charge in [-0.1, -0.05) is 31.5 Å². The first-order valence-electron chi connectivity index (χ1n) is 13.1. The third-order valence-corrected chi connectivity index (χ3v) is 8.27. The fourth-order valence-corrected chi connectivity index (χ4v) is 6.25. The van der Waals surface area contributed by atoms with Gasteiger partial charge in [-0.25, -0.2) is 9.00 Å². The van der Waals surface area contributed by atoms with Crippen molar-refractivity contribution in [1.82, 2.24) is 19.6 Å². The van der Waals surface area contributed by atoms with E-state index in [0.717, 1.165) is 63.7 Å². The van der Waals surface area contributed by atoms with Gasteiger partial charge in [0.15, 0.2) is 5.82 Å². The molecule has 198 valence electrons. The van der Waals surface area contributed by atoms with Crippen molar-refractivity contribution in [3.05, 3.63) is 41.0 Å². The fraction of sp³-hybridized carbons (Fsp3) is 0.615. The van der Waals surface area contributed by atoms with Crippen LogP contribution in [0, 0.1) is 5.41 Å². The Bertz CT molecular complexity index is 1060. The zero-order valence-electron chi connectivity index (χ0n) is 21.7. The summed E-state index contributed by atoms with van der Waals surface area (Å²) in [5.74, 6) is 0.449. The highest BCUT2D eigenvalue weighted by Gasteiger charge is 2.41. The minimum atomic E-state index is -1.21. The van der Waals surface area contributed by atoms with E-state index in [0.29, 0.717) is 5.82 Å². The van der Waals surface area contributed by atoms with Gasteiger partial charge in [-0.15, -0.1) is 5.10 Å². The summed E-state index contributed by atoms with van der Waals surface area (Å²) in [6.07, 6.45) is 8.88. The molecule has 3 aliphatic heterocycles. The Morgan fingerprint density at radius 3 is 2.47 bits per heavy atom. The second kappa shape index (κ2) is 12.0. The topological polar surface area (TPSA) is 73.7 Å². The lowest BCUT2D eigenvalue weighted by Gasteiger charge is -2.39. The van der Waals surface area contributed by atoms with Crippen LogP contribution in [0.2, 0.25) is 5.02 Å². The van der Waals surface area contributed by atoms with Crippen molar-refractivity contribution in [3.63, 3.8) is 0 Å². The highest BCUT2D eigenvalue weighted by Crippen LogP contribution is 2.41. The number of benzene rings is 1. The van der Waals surface area contributed by atoms with Gasteiger partial charge < -0.3 is 9.80 Å². The van der Waals surface area contributed by atoms with E-state index in [1.54, 1.807) is 12.3 Å². The molecule has 3 saturated heterocycles. The number of rotatable bonds is 5. The van der Waals surface area contributed by atoms with Crippen LogP contribution in [0.15, 0.2) is 30.5 Å². The molecule has 0 bridgehead atoms. The van der Waals surface area contributed by atoms with E-state index in [1.165, 1.54) is 41.5 Å². The average molecular weight is 535 g/mol. The van der Waals surface area contributed by atoms with E-state index >= 15 is 0 Å². The Kier molecular flexibility index (Phi) is 8.96. The van der Waals surface area contributed by atoms with Crippen LogP contribution in [0.1, 0.15) is 51.5 Å². The van der Waals surface area contributed by atoms with Crippen molar-refractivity contribution in [1.29, 1.82) is 0 Å². The Balaban J connectivity index is 0.00000148. The summed E-state index contributed by atoms with van der Waals surface area (Å²) in [5, 5.41) is 5.03. The second-order valence-corrected chi connectivity index (χ2v) is 11.4. The van der Waals surface area contributed by atoms with Gasteiger partial charge in [0.2, 0.25) is 0 Å². The minimum absolute atomic E-state index is 0.115. The number of carbonyl (C=O) groups is 1. The number of nitrogens with one attached hydrogen (secondary N) is 1. The maximum atomic E-state index is 12.9. The normalized spacial score (nSPS) is 20.3. The van der Waals surface area contributed by atoms with Crippen LogP contribution in [0.4, 0.5) is 16.3 Å². The molecule has 1 atom stereocenters. The van der Waals surface area contributed by atoms with E-state index in [2.05, 4.69) is 31.8 Å². The highest BCUT2D eigenvalue weighted by molar-refractivity contribution is 7.85. The maximum Gasteiger partial charge on any atom is 0.344 e. The number of amides is 1. The molecule has 2 aromatic rings. The lowest BCUT2D eigenvalue weighted by atomic mass is 9.78. The zero-order valence-corrected chi connectivity index (χ0v) is 23.3. The molecule has 10 heteroatoms. The summed E-state index contributed by atoms with van der Waals surface area (Å²) in [7, 11) is -1.21. The van der Waals surface area contributed by atoms with Gasteiger partial charge in [-0.05, 0) is 61.8 Å². The fourth-order valence-electron chi connectivity index (χ4n) is 5.68. The molecule has 4 heterocycles. The van der Waals surface area contributed by atoms with E-state index in [1.807, 2.05) is 24.8 Å². The summed E-state index contributed by atoms with van der Waals surface area (Å²) in [5.41, 5.74) is 2.95. The van der Waals surface area contributed by atoms with Crippen molar-refractivity contribution in [2.75, 3.05) is 55.1 Å². The van der Waals surface area contributed by atoms with Crippen LogP contribution in [0.3, 0.4) is 0 Å². The Morgan fingerprint density at radius 1 is 1.08 bits per heavy atom. The average Bonchev–Trinajstić information content (AvgIpc) is 3.64. The molecule has 0 aliphatic carbocycles. The molecule has 8 nitrogen and oxygen atoms in total. The molecule has 3 fully saturated rings. The molecule has 1 amide bonds. The lowest BCUT2D eigenvalue weighted by molar-refractivity contribution is 0.118. The summed E-state index contributed by atoms with van der Waals surface area (Å²) in [6.45, 7) is 10.9. The molecule has 0 saturated carbocycles. The maximum absolute atomic E-state index is 12.9. The number of nitrogens with zero attached hydrogens (tertiary/aromatic N) is 5. The smallest absolute Gasteiger partial charge is 0.344 e. The first-order chi connectivity index (χ1) is 17.4. The molecular weight excluding hydrogens is 496 g/mol. The Hall–Kier alpha value is -2.10.